The van der Waals surface area contributed by atoms with Crippen LogP contribution in [0.15, 0.2) is 30.5 Å². The zero-order valence-corrected chi connectivity index (χ0v) is 10.8. The molecule has 0 spiro atoms. The zero-order chi connectivity index (χ0) is 13.6. The Labute approximate surface area is 113 Å². The number of H-pyrrole nitrogens is 1. The molecule has 2 aromatic heterocycles. The topological polar surface area (TPSA) is 70.9 Å². The van der Waals surface area contributed by atoms with Gasteiger partial charge in [0.1, 0.15) is 0 Å². The number of aromatic nitrogens is 3. The van der Waals surface area contributed by atoms with Gasteiger partial charge in [0.2, 0.25) is 0 Å². The summed E-state index contributed by atoms with van der Waals surface area (Å²) in [6.45, 7) is 0. The van der Waals surface area contributed by atoms with E-state index < -0.39 is 5.97 Å². The molecular formula is C13H10ClN3O2. The van der Waals surface area contributed by atoms with E-state index in [-0.39, 0.29) is 5.69 Å². The number of aromatic carboxylic acids is 1. The summed E-state index contributed by atoms with van der Waals surface area (Å²) in [5, 5.41) is 14.4. The standard InChI is InChI=1S/C13H10ClN3O2/c1-17-11(5-10(16-17)13(18)19)7-3-2-4-9-12(7)8(14)6-15-9/h2-6,15H,1H3,(H,18,19). The van der Waals surface area contributed by atoms with E-state index in [1.54, 1.807) is 24.0 Å². The summed E-state index contributed by atoms with van der Waals surface area (Å²) in [5.41, 5.74) is 2.48. The number of hydrogen-bond donors (Lipinski definition) is 2. The Kier molecular flexibility index (Phi) is 2.57. The highest BCUT2D eigenvalue weighted by molar-refractivity contribution is 6.36. The molecule has 0 unspecified atom stereocenters. The quantitative estimate of drug-likeness (QED) is 0.755. The number of hydrogen-bond acceptors (Lipinski definition) is 2. The van der Waals surface area contributed by atoms with E-state index >= 15 is 0 Å². The van der Waals surface area contributed by atoms with Crippen LogP contribution in [0.4, 0.5) is 0 Å². The van der Waals surface area contributed by atoms with Crippen LogP contribution in [-0.4, -0.2) is 25.8 Å². The Balaban J connectivity index is 2.30. The van der Waals surface area contributed by atoms with Crippen molar-refractivity contribution in [2.75, 3.05) is 0 Å². The Hall–Kier alpha value is -2.27. The fraction of sp³-hybridized carbons (Fsp3) is 0.0769. The second-order valence-electron chi connectivity index (χ2n) is 4.21. The normalized spacial score (nSPS) is 11.1. The number of benzene rings is 1. The Morgan fingerprint density at radius 3 is 2.95 bits per heavy atom. The summed E-state index contributed by atoms with van der Waals surface area (Å²) in [6, 6.07) is 7.24. The predicted molar refractivity (Wildman–Crippen MR) is 72.5 cm³/mol. The average Bonchev–Trinajstić information content (AvgIpc) is 2.94. The van der Waals surface area contributed by atoms with Crippen LogP contribution in [0.25, 0.3) is 22.2 Å². The molecule has 0 saturated heterocycles. The van der Waals surface area contributed by atoms with Crippen molar-refractivity contribution in [1.29, 1.82) is 0 Å². The van der Waals surface area contributed by atoms with Crippen molar-refractivity contribution < 1.29 is 9.90 Å². The number of nitrogens with zero attached hydrogens (tertiary/aromatic N) is 2. The van der Waals surface area contributed by atoms with Gasteiger partial charge in [-0.3, -0.25) is 4.68 Å². The maximum atomic E-state index is 11.0. The third-order valence-corrected chi connectivity index (χ3v) is 3.33. The summed E-state index contributed by atoms with van der Waals surface area (Å²) in [4.78, 5) is 14.0. The van der Waals surface area contributed by atoms with E-state index in [1.807, 2.05) is 18.2 Å². The maximum absolute atomic E-state index is 11.0. The molecule has 0 amide bonds. The van der Waals surface area contributed by atoms with Crippen LogP contribution >= 0.6 is 11.6 Å². The van der Waals surface area contributed by atoms with Crippen molar-refractivity contribution in [3.05, 3.63) is 41.2 Å². The predicted octanol–water partition coefficient (Wildman–Crippen LogP) is 2.92. The molecular weight excluding hydrogens is 266 g/mol. The van der Waals surface area contributed by atoms with Gasteiger partial charge in [-0.05, 0) is 12.1 Å². The number of carboxylic acid groups (broad SMARTS) is 1. The highest BCUT2D eigenvalue weighted by Crippen LogP contribution is 2.33. The van der Waals surface area contributed by atoms with Gasteiger partial charge in [0.05, 0.1) is 10.7 Å². The van der Waals surface area contributed by atoms with Gasteiger partial charge in [0.15, 0.2) is 5.69 Å². The molecule has 0 bridgehead atoms. The number of nitrogens with one attached hydrogen (secondary N) is 1. The van der Waals surface area contributed by atoms with Crippen molar-refractivity contribution in [2.45, 2.75) is 0 Å². The monoisotopic (exact) mass is 275 g/mol. The van der Waals surface area contributed by atoms with Gasteiger partial charge in [0, 0.05) is 29.7 Å². The number of aryl methyl sites for hydroxylation is 1. The summed E-state index contributed by atoms with van der Waals surface area (Å²) in [5.74, 6) is -1.05. The van der Waals surface area contributed by atoms with Gasteiger partial charge in [-0.1, -0.05) is 23.7 Å². The molecule has 0 aliphatic carbocycles. The molecule has 96 valence electrons. The van der Waals surface area contributed by atoms with Crippen LogP contribution in [0, 0.1) is 0 Å². The van der Waals surface area contributed by atoms with Gasteiger partial charge in [-0.25, -0.2) is 4.79 Å². The number of fused-ring (bicyclic) bond motifs is 1. The number of rotatable bonds is 2. The summed E-state index contributed by atoms with van der Waals surface area (Å²) in [7, 11) is 1.71. The molecule has 3 rings (SSSR count). The molecule has 5 nitrogen and oxygen atoms in total. The van der Waals surface area contributed by atoms with E-state index in [0.717, 1.165) is 16.5 Å². The molecule has 2 N–H and O–H groups in total. The second kappa shape index (κ2) is 4.13. The lowest BCUT2D eigenvalue weighted by molar-refractivity contribution is 0.0689. The van der Waals surface area contributed by atoms with E-state index in [1.165, 1.54) is 0 Å². The van der Waals surface area contributed by atoms with Gasteiger partial charge >= 0.3 is 5.97 Å². The minimum absolute atomic E-state index is 0.0150. The molecule has 0 aliphatic rings. The first-order valence-electron chi connectivity index (χ1n) is 5.61. The van der Waals surface area contributed by atoms with Crippen LogP contribution in [-0.2, 0) is 7.05 Å². The first-order valence-corrected chi connectivity index (χ1v) is 5.99. The largest absolute Gasteiger partial charge is 0.476 e. The van der Waals surface area contributed by atoms with E-state index in [0.29, 0.717) is 10.7 Å². The lowest BCUT2D eigenvalue weighted by atomic mass is 10.1. The Morgan fingerprint density at radius 1 is 1.47 bits per heavy atom. The third-order valence-electron chi connectivity index (χ3n) is 3.03. The smallest absolute Gasteiger partial charge is 0.356 e. The van der Waals surface area contributed by atoms with Crippen molar-refractivity contribution in [3.63, 3.8) is 0 Å². The second-order valence-corrected chi connectivity index (χ2v) is 4.62. The zero-order valence-electron chi connectivity index (χ0n) is 10.0. The molecule has 0 saturated carbocycles. The highest BCUT2D eigenvalue weighted by Gasteiger charge is 2.16. The first-order chi connectivity index (χ1) is 9.08. The van der Waals surface area contributed by atoms with E-state index in [2.05, 4.69) is 10.1 Å². The summed E-state index contributed by atoms with van der Waals surface area (Å²) < 4.78 is 1.54. The van der Waals surface area contributed by atoms with E-state index in [9.17, 15) is 4.79 Å². The van der Waals surface area contributed by atoms with Crippen molar-refractivity contribution >= 4 is 28.5 Å². The number of carboxylic acids is 1. The molecule has 3 aromatic rings. The van der Waals surface area contributed by atoms with Gasteiger partial charge in [-0.15, -0.1) is 0 Å². The van der Waals surface area contributed by atoms with Gasteiger partial charge < -0.3 is 10.1 Å². The van der Waals surface area contributed by atoms with Crippen LogP contribution < -0.4 is 0 Å². The molecule has 6 heteroatoms. The minimum Gasteiger partial charge on any atom is -0.476 e. The van der Waals surface area contributed by atoms with Gasteiger partial charge in [0.25, 0.3) is 0 Å². The fourth-order valence-corrected chi connectivity index (χ4v) is 2.44. The fourth-order valence-electron chi connectivity index (χ4n) is 2.18. The molecule has 19 heavy (non-hydrogen) atoms. The number of aromatic amines is 1. The van der Waals surface area contributed by atoms with Gasteiger partial charge in [-0.2, -0.15) is 5.10 Å². The molecule has 0 atom stereocenters. The molecule has 0 fully saturated rings. The van der Waals surface area contributed by atoms with Crippen LogP contribution in [0.1, 0.15) is 10.5 Å². The highest BCUT2D eigenvalue weighted by atomic mass is 35.5. The lowest BCUT2D eigenvalue weighted by Crippen LogP contribution is -1.99. The molecule has 2 heterocycles. The van der Waals surface area contributed by atoms with Crippen LogP contribution in [0.2, 0.25) is 5.02 Å². The summed E-state index contributed by atoms with van der Waals surface area (Å²) >= 11 is 6.17. The molecule has 0 radical (unpaired) electrons. The lowest BCUT2D eigenvalue weighted by Gasteiger charge is -2.04. The SMILES string of the molecule is Cn1nc(C(=O)O)cc1-c1cccc2[nH]cc(Cl)c12. The van der Waals surface area contributed by atoms with Crippen molar-refractivity contribution in [1.82, 2.24) is 14.8 Å². The maximum Gasteiger partial charge on any atom is 0.356 e. The van der Waals surface area contributed by atoms with Crippen LogP contribution in [0.3, 0.4) is 0 Å². The Morgan fingerprint density at radius 2 is 2.26 bits per heavy atom. The Bertz CT molecular complexity index is 788. The average molecular weight is 276 g/mol. The first kappa shape index (κ1) is 11.8. The van der Waals surface area contributed by atoms with Crippen molar-refractivity contribution in [3.8, 4) is 11.3 Å². The number of halogens is 1. The minimum atomic E-state index is -1.05. The number of carbonyl (C=O) groups is 1. The third kappa shape index (κ3) is 1.79. The molecule has 0 aliphatic heterocycles. The van der Waals surface area contributed by atoms with E-state index in [4.69, 9.17) is 16.7 Å². The van der Waals surface area contributed by atoms with Crippen molar-refractivity contribution in [2.24, 2.45) is 7.05 Å². The molecule has 1 aromatic carbocycles. The van der Waals surface area contributed by atoms with Crippen LogP contribution in [0.5, 0.6) is 0 Å². The summed E-state index contributed by atoms with van der Waals surface area (Å²) in [6.07, 6.45) is 1.71.